The van der Waals surface area contributed by atoms with Crippen LogP contribution < -0.4 is 5.32 Å². The second kappa shape index (κ2) is 6.12. The molecule has 1 heterocycles. The van der Waals surface area contributed by atoms with Crippen LogP contribution in [0.15, 0.2) is 35.7 Å². The van der Waals surface area contributed by atoms with Crippen molar-refractivity contribution in [3.63, 3.8) is 0 Å². The number of carbonyl (C=O) groups is 1. The smallest absolute Gasteiger partial charge is 0.252 e. The Morgan fingerprint density at radius 1 is 1.09 bits per heavy atom. The van der Waals surface area contributed by atoms with E-state index in [0.29, 0.717) is 0 Å². The molecule has 23 heavy (non-hydrogen) atoms. The fourth-order valence-electron chi connectivity index (χ4n) is 3.99. The monoisotopic (exact) mass is 325 g/mol. The molecule has 0 aliphatic heterocycles. The van der Waals surface area contributed by atoms with E-state index in [9.17, 15) is 4.79 Å². The summed E-state index contributed by atoms with van der Waals surface area (Å²) < 4.78 is 0. The lowest BCUT2D eigenvalue weighted by Gasteiger charge is -2.42. The zero-order valence-corrected chi connectivity index (χ0v) is 14.3. The Bertz CT molecular complexity index is 700. The highest BCUT2D eigenvalue weighted by Gasteiger charge is 2.38. The topological polar surface area (TPSA) is 29.1 Å². The highest BCUT2D eigenvalue weighted by molar-refractivity contribution is 7.10. The van der Waals surface area contributed by atoms with Gasteiger partial charge in [0.15, 0.2) is 0 Å². The van der Waals surface area contributed by atoms with Crippen LogP contribution in [-0.2, 0) is 18.3 Å². The second-order valence-corrected chi connectivity index (χ2v) is 7.91. The van der Waals surface area contributed by atoms with E-state index in [2.05, 4.69) is 41.0 Å². The summed E-state index contributed by atoms with van der Waals surface area (Å²) >= 11 is 1.77. The molecule has 0 atom stereocenters. The van der Waals surface area contributed by atoms with Crippen molar-refractivity contribution in [3.05, 3.63) is 57.3 Å². The minimum Gasteiger partial charge on any atom is -0.351 e. The van der Waals surface area contributed by atoms with Gasteiger partial charge in [-0.3, -0.25) is 4.79 Å². The molecule has 4 rings (SSSR count). The van der Waals surface area contributed by atoms with Gasteiger partial charge in [0.05, 0.1) is 5.56 Å². The minimum absolute atomic E-state index is 0.131. The zero-order valence-electron chi connectivity index (χ0n) is 13.4. The van der Waals surface area contributed by atoms with Gasteiger partial charge in [-0.15, -0.1) is 11.3 Å². The number of fused-ring (bicyclic) bond motifs is 1. The maximum Gasteiger partial charge on any atom is 0.252 e. The third kappa shape index (κ3) is 2.72. The molecule has 1 N–H and O–H groups in total. The van der Waals surface area contributed by atoms with Crippen molar-refractivity contribution in [2.45, 2.75) is 50.4 Å². The second-order valence-electron chi connectivity index (χ2n) is 6.94. The molecule has 0 radical (unpaired) electrons. The van der Waals surface area contributed by atoms with Crippen molar-refractivity contribution in [2.24, 2.45) is 0 Å². The van der Waals surface area contributed by atoms with Crippen molar-refractivity contribution in [2.75, 3.05) is 6.54 Å². The van der Waals surface area contributed by atoms with Crippen LogP contribution in [0.1, 0.15) is 58.5 Å². The number of nitrogens with one attached hydrogen (secondary N) is 1. The zero-order chi connectivity index (χ0) is 15.7. The van der Waals surface area contributed by atoms with E-state index in [1.807, 2.05) is 0 Å². The van der Waals surface area contributed by atoms with E-state index in [1.54, 1.807) is 11.3 Å². The van der Waals surface area contributed by atoms with Crippen molar-refractivity contribution >= 4 is 17.2 Å². The Hall–Kier alpha value is -1.61. The predicted molar refractivity (Wildman–Crippen MR) is 95.3 cm³/mol. The van der Waals surface area contributed by atoms with Gasteiger partial charge in [0.25, 0.3) is 5.91 Å². The quantitative estimate of drug-likeness (QED) is 0.882. The molecule has 1 amide bonds. The largest absolute Gasteiger partial charge is 0.351 e. The van der Waals surface area contributed by atoms with Crippen molar-refractivity contribution < 1.29 is 4.79 Å². The van der Waals surface area contributed by atoms with Gasteiger partial charge >= 0.3 is 0 Å². The minimum atomic E-state index is 0.131. The standard InChI is InChI=1S/C20H23NOS/c22-19(17-13-23-18-10-5-4-9-16(17)18)21-14-20(11-6-12-20)15-7-2-1-3-8-15/h1-3,7-8,13H,4-6,9-12,14H2,(H,21,22). The maximum atomic E-state index is 12.7. The Balaban J connectivity index is 1.48. The van der Waals surface area contributed by atoms with Gasteiger partial charge in [-0.2, -0.15) is 0 Å². The molecule has 1 aromatic carbocycles. The fourth-order valence-corrected chi connectivity index (χ4v) is 5.12. The van der Waals surface area contributed by atoms with E-state index in [-0.39, 0.29) is 11.3 Å². The van der Waals surface area contributed by atoms with Crippen molar-refractivity contribution in [1.82, 2.24) is 5.32 Å². The molecule has 1 fully saturated rings. The molecule has 2 aliphatic rings. The average molecular weight is 325 g/mol. The fraction of sp³-hybridized carbons (Fsp3) is 0.450. The molecule has 1 saturated carbocycles. The molecule has 2 nitrogen and oxygen atoms in total. The molecule has 3 heteroatoms. The first-order valence-corrected chi connectivity index (χ1v) is 9.59. The van der Waals surface area contributed by atoms with Gasteiger partial charge in [-0.1, -0.05) is 36.8 Å². The molecule has 2 aliphatic carbocycles. The summed E-state index contributed by atoms with van der Waals surface area (Å²) in [4.78, 5) is 14.1. The number of hydrogen-bond donors (Lipinski definition) is 1. The van der Waals surface area contributed by atoms with E-state index >= 15 is 0 Å². The lowest BCUT2D eigenvalue weighted by atomic mass is 9.64. The van der Waals surface area contributed by atoms with Gasteiger partial charge in [0.1, 0.15) is 0 Å². The Kier molecular flexibility index (Phi) is 3.98. The highest BCUT2D eigenvalue weighted by atomic mass is 32.1. The molecule has 0 spiro atoms. The van der Waals surface area contributed by atoms with Crippen LogP contribution in [0, 0.1) is 0 Å². The Morgan fingerprint density at radius 2 is 1.87 bits per heavy atom. The number of hydrogen-bond acceptors (Lipinski definition) is 2. The van der Waals surface area contributed by atoms with Gasteiger partial charge in [0.2, 0.25) is 0 Å². The molecule has 0 bridgehead atoms. The van der Waals surface area contributed by atoms with Crippen LogP contribution in [0.3, 0.4) is 0 Å². The van der Waals surface area contributed by atoms with Crippen molar-refractivity contribution in [1.29, 1.82) is 0 Å². The van der Waals surface area contributed by atoms with Crippen LogP contribution >= 0.6 is 11.3 Å². The lowest BCUT2D eigenvalue weighted by molar-refractivity contribution is 0.0927. The Labute approximate surface area is 141 Å². The number of amides is 1. The van der Waals surface area contributed by atoms with E-state index in [4.69, 9.17) is 0 Å². The third-order valence-corrected chi connectivity index (χ3v) is 6.68. The third-order valence-electron chi connectivity index (χ3n) is 5.59. The Morgan fingerprint density at radius 3 is 2.61 bits per heavy atom. The molecular formula is C20H23NOS. The predicted octanol–water partition coefficient (Wildman–Crippen LogP) is 4.48. The summed E-state index contributed by atoms with van der Waals surface area (Å²) in [6, 6.07) is 10.7. The average Bonchev–Trinajstić information content (AvgIpc) is 2.99. The normalized spacial score (nSPS) is 18.8. The van der Waals surface area contributed by atoms with Crippen molar-refractivity contribution in [3.8, 4) is 0 Å². The summed E-state index contributed by atoms with van der Waals surface area (Å²) in [6.07, 6.45) is 8.34. The first-order chi connectivity index (χ1) is 11.3. The number of rotatable bonds is 4. The highest BCUT2D eigenvalue weighted by Crippen LogP contribution is 2.43. The molecular weight excluding hydrogens is 302 g/mol. The van der Waals surface area contributed by atoms with Gasteiger partial charge < -0.3 is 5.32 Å². The summed E-state index contributed by atoms with van der Waals surface area (Å²) in [6.45, 7) is 0.764. The summed E-state index contributed by atoms with van der Waals surface area (Å²) in [5, 5.41) is 5.31. The van der Waals surface area contributed by atoms with Crippen LogP contribution in [0.5, 0.6) is 0 Å². The molecule has 2 aromatic rings. The number of benzene rings is 1. The van der Waals surface area contributed by atoms with E-state index in [1.165, 1.54) is 48.1 Å². The van der Waals surface area contributed by atoms with Gasteiger partial charge in [-0.05, 0) is 49.7 Å². The number of aryl methyl sites for hydroxylation is 1. The van der Waals surface area contributed by atoms with Gasteiger partial charge in [0, 0.05) is 22.2 Å². The SMILES string of the molecule is O=C(NCC1(c2ccccc2)CCC1)c1csc2c1CCCC2. The van der Waals surface area contributed by atoms with Crippen LogP contribution in [0.2, 0.25) is 0 Å². The molecule has 120 valence electrons. The maximum absolute atomic E-state index is 12.7. The number of thiophene rings is 1. The van der Waals surface area contributed by atoms with Crippen LogP contribution in [0.4, 0.5) is 0 Å². The summed E-state index contributed by atoms with van der Waals surface area (Å²) in [5.41, 5.74) is 3.79. The molecule has 0 unspecified atom stereocenters. The lowest BCUT2D eigenvalue weighted by Crippen LogP contribution is -2.45. The van der Waals surface area contributed by atoms with E-state index in [0.717, 1.165) is 24.9 Å². The van der Waals surface area contributed by atoms with Crippen LogP contribution in [0.25, 0.3) is 0 Å². The van der Waals surface area contributed by atoms with Gasteiger partial charge in [-0.25, -0.2) is 0 Å². The van der Waals surface area contributed by atoms with Crippen LogP contribution in [-0.4, -0.2) is 12.5 Å². The summed E-state index contributed by atoms with van der Waals surface area (Å²) in [7, 11) is 0. The molecule has 0 saturated heterocycles. The first kappa shape index (κ1) is 14.9. The number of carbonyl (C=O) groups excluding carboxylic acids is 1. The first-order valence-electron chi connectivity index (χ1n) is 8.71. The summed E-state index contributed by atoms with van der Waals surface area (Å²) in [5.74, 6) is 0.131. The van der Waals surface area contributed by atoms with E-state index < -0.39 is 0 Å². The molecule has 1 aromatic heterocycles.